The first kappa shape index (κ1) is 20.5. The summed E-state index contributed by atoms with van der Waals surface area (Å²) >= 11 is 0. The SMILES string of the molecule is CC(=O)N1C=Cc2ccccc2[C@H]1CC(=O)OCC(=O)c1ccc2c(c1)CC(=O)N2C. The third-order valence-corrected chi connectivity index (χ3v) is 5.67. The van der Waals surface area contributed by atoms with E-state index in [2.05, 4.69) is 0 Å². The fraction of sp³-hybridized carbons (Fsp3) is 0.250. The molecule has 158 valence electrons. The van der Waals surface area contributed by atoms with Crippen LogP contribution in [0.25, 0.3) is 6.08 Å². The zero-order valence-corrected chi connectivity index (χ0v) is 17.3. The van der Waals surface area contributed by atoms with Gasteiger partial charge in [-0.1, -0.05) is 24.3 Å². The number of carbonyl (C=O) groups is 4. The smallest absolute Gasteiger partial charge is 0.308 e. The summed E-state index contributed by atoms with van der Waals surface area (Å²) in [5.41, 5.74) is 3.76. The second-order valence-corrected chi connectivity index (χ2v) is 7.65. The van der Waals surface area contributed by atoms with Crippen LogP contribution in [-0.2, 0) is 25.5 Å². The van der Waals surface area contributed by atoms with Crippen LogP contribution in [0.15, 0.2) is 48.7 Å². The standard InChI is InChI=1S/C24H22N2O5/c1-15(27)26-10-9-16-5-3-4-6-19(16)21(26)13-24(30)31-14-22(28)17-7-8-20-18(11-17)12-23(29)25(20)2/h3-11,21H,12-14H2,1-2H3/t21-/m1/s1. The molecule has 0 fully saturated rings. The molecule has 0 spiro atoms. The maximum absolute atomic E-state index is 12.5. The first-order valence-electron chi connectivity index (χ1n) is 9.99. The Bertz CT molecular complexity index is 1120. The number of carbonyl (C=O) groups excluding carboxylic acids is 4. The number of esters is 1. The van der Waals surface area contributed by atoms with Crippen molar-refractivity contribution in [2.75, 3.05) is 18.6 Å². The lowest BCUT2D eigenvalue weighted by Gasteiger charge is -2.32. The van der Waals surface area contributed by atoms with Crippen LogP contribution in [0.4, 0.5) is 5.69 Å². The van der Waals surface area contributed by atoms with Crippen molar-refractivity contribution in [1.29, 1.82) is 0 Å². The predicted molar refractivity (Wildman–Crippen MR) is 114 cm³/mol. The molecule has 4 rings (SSSR count). The summed E-state index contributed by atoms with van der Waals surface area (Å²) < 4.78 is 5.24. The zero-order chi connectivity index (χ0) is 22.1. The normalized spacial score (nSPS) is 16.7. The summed E-state index contributed by atoms with van der Waals surface area (Å²) in [6.07, 6.45) is 3.69. The van der Waals surface area contributed by atoms with Gasteiger partial charge in [0.15, 0.2) is 12.4 Å². The number of amides is 2. The van der Waals surface area contributed by atoms with Crippen LogP contribution in [0.3, 0.4) is 0 Å². The molecule has 2 aromatic carbocycles. The van der Waals surface area contributed by atoms with E-state index in [-0.39, 0.29) is 30.4 Å². The third-order valence-electron chi connectivity index (χ3n) is 5.67. The van der Waals surface area contributed by atoms with Gasteiger partial charge in [-0.05, 0) is 41.0 Å². The monoisotopic (exact) mass is 418 g/mol. The van der Waals surface area contributed by atoms with Crippen molar-refractivity contribution in [3.63, 3.8) is 0 Å². The molecule has 31 heavy (non-hydrogen) atoms. The van der Waals surface area contributed by atoms with Crippen LogP contribution in [0.5, 0.6) is 0 Å². The lowest BCUT2D eigenvalue weighted by molar-refractivity contribution is -0.144. The second kappa shape index (κ2) is 8.18. The molecule has 0 saturated carbocycles. The van der Waals surface area contributed by atoms with Gasteiger partial charge in [-0.3, -0.25) is 19.2 Å². The summed E-state index contributed by atoms with van der Waals surface area (Å²) in [6, 6.07) is 12.1. The highest BCUT2D eigenvalue weighted by Gasteiger charge is 2.29. The topological polar surface area (TPSA) is 84.0 Å². The Morgan fingerprint density at radius 1 is 1.13 bits per heavy atom. The molecule has 2 aliphatic heterocycles. The molecule has 7 heteroatoms. The number of ketones is 1. The lowest BCUT2D eigenvalue weighted by Crippen LogP contribution is -2.32. The summed E-state index contributed by atoms with van der Waals surface area (Å²) in [7, 11) is 1.69. The van der Waals surface area contributed by atoms with E-state index in [9.17, 15) is 19.2 Å². The van der Waals surface area contributed by atoms with Crippen LogP contribution in [0.2, 0.25) is 0 Å². The van der Waals surface area contributed by atoms with Gasteiger partial charge in [0.25, 0.3) is 0 Å². The maximum Gasteiger partial charge on any atom is 0.308 e. The molecule has 0 aromatic heterocycles. The quantitative estimate of drug-likeness (QED) is 0.551. The first-order chi connectivity index (χ1) is 14.8. The molecule has 2 aromatic rings. The van der Waals surface area contributed by atoms with E-state index < -0.39 is 18.6 Å². The van der Waals surface area contributed by atoms with Crippen molar-refractivity contribution >= 4 is 35.3 Å². The maximum atomic E-state index is 12.5. The molecule has 0 aliphatic carbocycles. The second-order valence-electron chi connectivity index (χ2n) is 7.65. The summed E-state index contributed by atoms with van der Waals surface area (Å²) in [6.45, 7) is 1.04. The number of rotatable bonds is 5. The predicted octanol–water partition coefficient (Wildman–Crippen LogP) is 2.90. The third kappa shape index (κ3) is 3.99. The van der Waals surface area contributed by atoms with Gasteiger partial charge in [-0.2, -0.15) is 0 Å². The van der Waals surface area contributed by atoms with Crippen molar-refractivity contribution in [3.05, 3.63) is 70.9 Å². The minimum absolute atomic E-state index is 0.0251. The van der Waals surface area contributed by atoms with E-state index in [1.54, 1.807) is 36.3 Å². The lowest BCUT2D eigenvalue weighted by atomic mass is 9.94. The molecule has 0 N–H and O–H groups in total. The van der Waals surface area contributed by atoms with Crippen molar-refractivity contribution in [2.24, 2.45) is 0 Å². The van der Waals surface area contributed by atoms with Crippen molar-refractivity contribution in [1.82, 2.24) is 4.90 Å². The number of hydrogen-bond acceptors (Lipinski definition) is 5. The van der Waals surface area contributed by atoms with Gasteiger partial charge in [0.05, 0.1) is 18.9 Å². The van der Waals surface area contributed by atoms with Gasteiger partial charge < -0.3 is 14.5 Å². The molecule has 2 amide bonds. The van der Waals surface area contributed by atoms with Gasteiger partial charge >= 0.3 is 5.97 Å². The van der Waals surface area contributed by atoms with Gasteiger partial charge in [-0.15, -0.1) is 0 Å². The molecule has 0 radical (unpaired) electrons. The molecule has 2 aliphatic rings. The van der Waals surface area contributed by atoms with Gasteiger partial charge in [0.1, 0.15) is 0 Å². The van der Waals surface area contributed by atoms with Crippen LogP contribution in [0.1, 0.15) is 46.4 Å². The molecular formula is C24H22N2O5. The summed E-state index contributed by atoms with van der Waals surface area (Å²) in [5, 5.41) is 0. The van der Waals surface area contributed by atoms with E-state index in [1.165, 1.54) is 11.8 Å². The Balaban J connectivity index is 1.42. The number of ether oxygens (including phenoxy) is 1. The summed E-state index contributed by atoms with van der Waals surface area (Å²) in [5.74, 6) is -1.11. The van der Waals surface area contributed by atoms with E-state index in [1.807, 2.05) is 30.3 Å². The largest absolute Gasteiger partial charge is 0.457 e. The van der Waals surface area contributed by atoms with Gasteiger partial charge in [-0.25, -0.2) is 0 Å². The molecule has 7 nitrogen and oxygen atoms in total. The minimum atomic E-state index is -0.564. The zero-order valence-electron chi connectivity index (χ0n) is 17.3. The van der Waals surface area contributed by atoms with E-state index in [4.69, 9.17) is 4.74 Å². The van der Waals surface area contributed by atoms with Crippen LogP contribution < -0.4 is 4.90 Å². The Morgan fingerprint density at radius 2 is 1.90 bits per heavy atom. The van der Waals surface area contributed by atoms with Crippen molar-refractivity contribution in [2.45, 2.75) is 25.8 Å². The molecular weight excluding hydrogens is 396 g/mol. The number of nitrogens with zero attached hydrogens (tertiary/aromatic N) is 2. The molecule has 0 bridgehead atoms. The van der Waals surface area contributed by atoms with E-state index >= 15 is 0 Å². The van der Waals surface area contributed by atoms with Crippen LogP contribution in [0, 0.1) is 0 Å². The highest BCUT2D eigenvalue weighted by atomic mass is 16.5. The number of hydrogen-bond donors (Lipinski definition) is 0. The number of Topliss-reactive ketones (excluding diaryl/α,β-unsaturated/α-hetero) is 1. The Kier molecular flexibility index (Phi) is 5.42. The fourth-order valence-corrected chi connectivity index (χ4v) is 4.00. The van der Waals surface area contributed by atoms with Crippen LogP contribution >= 0.6 is 0 Å². The molecule has 0 saturated heterocycles. The Hall–Kier alpha value is -3.74. The first-order valence-corrected chi connectivity index (χ1v) is 9.99. The minimum Gasteiger partial charge on any atom is -0.457 e. The van der Waals surface area contributed by atoms with E-state index in [0.717, 1.165) is 22.4 Å². The highest BCUT2D eigenvalue weighted by Crippen LogP contribution is 2.33. The van der Waals surface area contributed by atoms with Crippen LogP contribution in [-0.4, -0.2) is 42.1 Å². The Morgan fingerprint density at radius 3 is 2.68 bits per heavy atom. The fourth-order valence-electron chi connectivity index (χ4n) is 4.00. The number of likely N-dealkylation sites (N-methyl/N-ethyl adjacent to an activating group) is 1. The Labute approximate surface area is 179 Å². The average molecular weight is 418 g/mol. The van der Waals surface area contributed by atoms with Crippen molar-refractivity contribution < 1.29 is 23.9 Å². The highest BCUT2D eigenvalue weighted by molar-refractivity contribution is 6.04. The summed E-state index contributed by atoms with van der Waals surface area (Å²) in [4.78, 5) is 51.9. The molecule has 2 heterocycles. The van der Waals surface area contributed by atoms with Crippen molar-refractivity contribution in [3.8, 4) is 0 Å². The average Bonchev–Trinajstić information content (AvgIpc) is 3.05. The number of fused-ring (bicyclic) bond motifs is 2. The molecule has 0 unspecified atom stereocenters. The number of benzene rings is 2. The molecule has 1 atom stereocenters. The van der Waals surface area contributed by atoms with Gasteiger partial charge in [0, 0.05) is 31.4 Å². The van der Waals surface area contributed by atoms with E-state index in [0.29, 0.717) is 5.56 Å². The number of anilines is 1. The van der Waals surface area contributed by atoms with Gasteiger partial charge in [0.2, 0.25) is 11.8 Å².